The number of hydrogen-bond acceptors (Lipinski definition) is 4. The number of methoxy groups -OCH3 is 1. The van der Waals surface area contributed by atoms with Crippen molar-refractivity contribution in [3.05, 3.63) is 59.2 Å². The van der Waals surface area contributed by atoms with Gasteiger partial charge in [-0.15, -0.1) is 0 Å². The van der Waals surface area contributed by atoms with E-state index in [1.54, 1.807) is 32.2 Å². The SMILES string of the molecule is COc1ccccc1OC(C)CNC(=O)c1cc(C)cc(C(=O)O)c1. The van der Waals surface area contributed by atoms with Crippen LogP contribution in [0.25, 0.3) is 0 Å². The number of aryl methyl sites for hydroxylation is 1. The summed E-state index contributed by atoms with van der Waals surface area (Å²) in [5, 5.41) is 11.8. The van der Waals surface area contributed by atoms with Crippen molar-refractivity contribution in [2.24, 2.45) is 0 Å². The second kappa shape index (κ2) is 8.19. The number of aromatic carboxylic acids is 1. The summed E-state index contributed by atoms with van der Waals surface area (Å²) < 4.78 is 11.0. The van der Waals surface area contributed by atoms with Gasteiger partial charge in [0.2, 0.25) is 0 Å². The molecule has 2 rings (SSSR count). The minimum atomic E-state index is -1.06. The Labute approximate surface area is 146 Å². The van der Waals surface area contributed by atoms with Crippen LogP contribution in [0.2, 0.25) is 0 Å². The minimum absolute atomic E-state index is 0.0865. The molecule has 0 saturated carbocycles. The van der Waals surface area contributed by atoms with Crippen LogP contribution in [0.1, 0.15) is 33.2 Å². The molecule has 0 aliphatic carbocycles. The third-order valence-electron chi connectivity index (χ3n) is 3.53. The number of hydrogen-bond donors (Lipinski definition) is 2. The summed E-state index contributed by atoms with van der Waals surface area (Å²) in [6.07, 6.45) is -0.288. The number of carbonyl (C=O) groups excluding carboxylic acids is 1. The largest absolute Gasteiger partial charge is 0.493 e. The molecule has 0 heterocycles. The maximum Gasteiger partial charge on any atom is 0.335 e. The average molecular weight is 343 g/mol. The lowest BCUT2D eigenvalue weighted by Crippen LogP contribution is -2.33. The molecular formula is C19H21NO5. The van der Waals surface area contributed by atoms with E-state index in [-0.39, 0.29) is 24.1 Å². The quantitative estimate of drug-likeness (QED) is 0.807. The molecule has 2 N–H and O–H groups in total. The number of nitrogens with one attached hydrogen (secondary N) is 1. The number of carboxylic acid groups (broad SMARTS) is 1. The molecule has 132 valence electrons. The highest BCUT2D eigenvalue weighted by Crippen LogP contribution is 2.26. The highest BCUT2D eigenvalue weighted by atomic mass is 16.5. The minimum Gasteiger partial charge on any atom is -0.493 e. The number of carbonyl (C=O) groups is 2. The highest BCUT2D eigenvalue weighted by Gasteiger charge is 2.13. The lowest BCUT2D eigenvalue weighted by atomic mass is 10.1. The first-order valence-corrected chi connectivity index (χ1v) is 7.83. The Morgan fingerprint density at radius 3 is 2.40 bits per heavy atom. The molecular weight excluding hydrogens is 322 g/mol. The van der Waals surface area contributed by atoms with Crippen LogP contribution in [-0.2, 0) is 0 Å². The van der Waals surface area contributed by atoms with E-state index in [9.17, 15) is 9.59 Å². The van der Waals surface area contributed by atoms with Crippen LogP contribution in [0.15, 0.2) is 42.5 Å². The van der Waals surface area contributed by atoms with Crippen LogP contribution < -0.4 is 14.8 Å². The molecule has 0 fully saturated rings. The Kier molecular flexibility index (Phi) is 6.00. The first-order valence-electron chi connectivity index (χ1n) is 7.83. The lowest BCUT2D eigenvalue weighted by Gasteiger charge is -2.17. The molecule has 0 aliphatic rings. The van der Waals surface area contributed by atoms with Crippen LogP contribution in [0, 0.1) is 6.92 Å². The molecule has 0 aromatic heterocycles. The monoisotopic (exact) mass is 343 g/mol. The Balaban J connectivity index is 1.98. The maximum absolute atomic E-state index is 12.3. The summed E-state index contributed by atoms with van der Waals surface area (Å²) in [7, 11) is 1.56. The van der Waals surface area contributed by atoms with Gasteiger partial charge in [0.05, 0.1) is 19.2 Å². The first-order chi connectivity index (χ1) is 11.9. The summed E-state index contributed by atoms with van der Waals surface area (Å²) in [5.41, 5.74) is 1.11. The van der Waals surface area contributed by atoms with Crippen molar-refractivity contribution >= 4 is 11.9 Å². The standard InChI is InChI=1S/C19H21NO5/c1-12-8-14(10-15(9-12)19(22)23)18(21)20-11-13(2)25-17-7-5-4-6-16(17)24-3/h4-10,13H,11H2,1-3H3,(H,20,21)(H,22,23). The Morgan fingerprint density at radius 1 is 1.12 bits per heavy atom. The van der Waals surface area contributed by atoms with Gasteiger partial charge in [0.1, 0.15) is 6.10 Å². The Hall–Kier alpha value is -3.02. The van der Waals surface area contributed by atoms with E-state index >= 15 is 0 Å². The summed E-state index contributed by atoms with van der Waals surface area (Å²) in [6, 6.07) is 11.8. The predicted molar refractivity (Wildman–Crippen MR) is 93.6 cm³/mol. The van der Waals surface area contributed by atoms with E-state index < -0.39 is 5.97 Å². The van der Waals surface area contributed by atoms with E-state index in [0.29, 0.717) is 22.6 Å². The molecule has 6 heteroatoms. The highest BCUT2D eigenvalue weighted by molar-refractivity contribution is 5.97. The van der Waals surface area contributed by atoms with Crippen molar-refractivity contribution in [3.8, 4) is 11.5 Å². The van der Waals surface area contributed by atoms with Crippen LogP contribution >= 0.6 is 0 Å². The van der Waals surface area contributed by atoms with Crippen molar-refractivity contribution < 1.29 is 24.2 Å². The Morgan fingerprint density at radius 2 is 1.76 bits per heavy atom. The number of benzene rings is 2. The normalized spacial score (nSPS) is 11.5. The number of ether oxygens (including phenoxy) is 2. The van der Waals surface area contributed by atoms with E-state index in [2.05, 4.69) is 5.32 Å². The van der Waals surface area contributed by atoms with Crippen LogP contribution in [0.5, 0.6) is 11.5 Å². The fourth-order valence-corrected chi connectivity index (χ4v) is 2.35. The zero-order chi connectivity index (χ0) is 18.4. The van der Waals surface area contributed by atoms with E-state index in [1.807, 2.05) is 19.1 Å². The zero-order valence-corrected chi connectivity index (χ0v) is 14.4. The molecule has 0 spiro atoms. The molecule has 2 aromatic rings. The second-order valence-electron chi connectivity index (χ2n) is 5.68. The molecule has 25 heavy (non-hydrogen) atoms. The van der Waals surface area contributed by atoms with Gasteiger partial charge >= 0.3 is 5.97 Å². The molecule has 2 aromatic carbocycles. The van der Waals surface area contributed by atoms with Crippen molar-refractivity contribution in [1.29, 1.82) is 0 Å². The van der Waals surface area contributed by atoms with Gasteiger partial charge in [-0.05, 0) is 49.7 Å². The van der Waals surface area contributed by atoms with Gasteiger partial charge in [-0.25, -0.2) is 4.79 Å². The van der Waals surface area contributed by atoms with Gasteiger partial charge in [0, 0.05) is 5.56 Å². The fraction of sp³-hybridized carbons (Fsp3) is 0.263. The average Bonchev–Trinajstić information content (AvgIpc) is 2.59. The maximum atomic E-state index is 12.3. The molecule has 0 saturated heterocycles. The fourth-order valence-electron chi connectivity index (χ4n) is 2.35. The van der Waals surface area contributed by atoms with Gasteiger partial charge in [-0.3, -0.25) is 4.79 Å². The van der Waals surface area contributed by atoms with E-state index in [0.717, 1.165) is 0 Å². The molecule has 0 aliphatic heterocycles. The number of amides is 1. The van der Waals surface area contributed by atoms with Gasteiger partial charge in [-0.2, -0.15) is 0 Å². The number of carboxylic acids is 1. The van der Waals surface area contributed by atoms with Crippen LogP contribution in [0.4, 0.5) is 0 Å². The summed E-state index contributed by atoms with van der Waals surface area (Å²) in [5.74, 6) is -0.201. The van der Waals surface area contributed by atoms with Crippen LogP contribution in [-0.4, -0.2) is 36.7 Å². The summed E-state index contributed by atoms with van der Waals surface area (Å²) >= 11 is 0. The molecule has 6 nitrogen and oxygen atoms in total. The third-order valence-corrected chi connectivity index (χ3v) is 3.53. The number of para-hydroxylation sites is 2. The van der Waals surface area contributed by atoms with Gasteiger partial charge in [0.25, 0.3) is 5.91 Å². The van der Waals surface area contributed by atoms with Crippen molar-refractivity contribution in [2.45, 2.75) is 20.0 Å². The topological polar surface area (TPSA) is 84.9 Å². The Bertz CT molecular complexity index is 772. The zero-order valence-electron chi connectivity index (χ0n) is 14.4. The number of rotatable bonds is 7. The molecule has 1 atom stereocenters. The molecule has 0 bridgehead atoms. The van der Waals surface area contributed by atoms with Gasteiger partial charge in [0.15, 0.2) is 11.5 Å². The van der Waals surface area contributed by atoms with Crippen molar-refractivity contribution in [2.75, 3.05) is 13.7 Å². The molecule has 1 unspecified atom stereocenters. The second-order valence-corrected chi connectivity index (χ2v) is 5.68. The first kappa shape index (κ1) is 18.3. The molecule has 0 radical (unpaired) electrons. The summed E-state index contributed by atoms with van der Waals surface area (Å²) in [4.78, 5) is 23.4. The smallest absolute Gasteiger partial charge is 0.335 e. The van der Waals surface area contributed by atoms with E-state index in [1.165, 1.54) is 12.1 Å². The lowest BCUT2D eigenvalue weighted by molar-refractivity contribution is 0.0696. The van der Waals surface area contributed by atoms with Gasteiger partial charge < -0.3 is 19.9 Å². The van der Waals surface area contributed by atoms with Gasteiger partial charge in [-0.1, -0.05) is 12.1 Å². The van der Waals surface area contributed by atoms with E-state index in [4.69, 9.17) is 14.6 Å². The summed E-state index contributed by atoms with van der Waals surface area (Å²) in [6.45, 7) is 3.84. The van der Waals surface area contributed by atoms with Crippen LogP contribution in [0.3, 0.4) is 0 Å². The third kappa shape index (κ3) is 4.97. The van der Waals surface area contributed by atoms with Crippen molar-refractivity contribution in [3.63, 3.8) is 0 Å². The van der Waals surface area contributed by atoms with Crippen molar-refractivity contribution in [1.82, 2.24) is 5.32 Å². The molecule has 1 amide bonds. The predicted octanol–water partition coefficient (Wildman–Crippen LogP) is 2.90.